The Labute approximate surface area is 106 Å². The van der Waals surface area contributed by atoms with E-state index in [0.717, 1.165) is 6.54 Å². The second-order valence-electron chi connectivity index (χ2n) is 5.04. The van der Waals surface area contributed by atoms with Crippen LogP contribution in [-0.4, -0.2) is 52.3 Å². The van der Waals surface area contributed by atoms with E-state index in [1.165, 1.54) is 0 Å². The zero-order chi connectivity index (χ0) is 13.1. The number of aromatic nitrogens is 2. The fraction of sp³-hybridized carbons (Fsp3) is 0.818. The van der Waals surface area contributed by atoms with Gasteiger partial charge in [-0.25, -0.2) is 0 Å². The molecule has 0 radical (unpaired) electrons. The Balaban J connectivity index is 1.86. The Morgan fingerprint density at radius 2 is 2.00 bits per heavy atom. The van der Waals surface area contributed by atoms with E-state index in [9.17, 15) is 10.2 Å². The van der Waals surface area contributed by atoms with Crippen molar-refractivity contribution < 1.29 is 14.6 Å². The maximum Gasteiger partial charge on any atom is 0.318 e. The standard InChI is InChI=1S/C11H20N4O3/c1-7(2)3-12-4-10-13-14-11(18-10)15-5-8(16)9(17)6-15/h7-9,12,16-17H,3-6H2,1-2H3. The molecule has 0 amide bonds. The van der Waals surface area contributed by atoms with Gasteiger partial charge < -0.3 is 24.8 Å². The van der Waals surface area contributed by atoms with Gasteiger partial charge in [-0.05, 0) is 12.5 Å². The Kier molecular flexibility index (Phi) is 4.15. The van der Waals surface area contributed by atoms with Gasteiger partial charge in [-0.2, -0.15) is 0 Å². The molecule has 3 N–H and O–H groups in total. The monoisotopic (exact) mass is 256 g/mol. The van der Waals surface area contributed by atoms with Crippen molar-refractivity contribution in [1.82, 2.24) is 15.5 Å². The molecule has 0 aromatic carbocycles. The van der Waals surface area contributed by atoms with Crippen LogP contribution < -0.4 is 10.2 Å². The van der Waals surface area contributed by atoms with Gasteiger partial charge in [0, 0.05) is 0 Å². The SMILES string of the molecule is CC(C)CNCc1nnc(N2CC(O)C(O)C2)o1. The van der Waals surface area contributed by atoms with Crippen molar-refractivity contribution in [2.45, 2.75) is 32.6 Å². The molecule has 18 heavy (non-hydrogen) atoms. The van der Waals surface area contributed by atoms with Crippen LogP contribution in [0, 0.1) is 5.92 Å². The summed E-state index contributed by atoms with van der Waals surface area (Å²) in [6, 6.07) is 0.354. The lowest BCUT2D eigenvalue weighted by Crippen LogP contribution is -2.22. The molecule has 1 aromatic rings. The Hall–Kier alpha value is -1.18. The van der Waals surface area contributed by atoms with E-state index in [0.29, 0.717) is 37.5 Å². The maximum absolute atomic E-state index is 9.44. The van der Waals surface area contributed by atoms with Crippen molar-refractivity contribution in [3.8, 4) is 0 Å². The predicted molar refractivity (Wildman–Crippen MR) is 65.1 cm³/mol. The molecule has 7 nitrogen and oxygen atoms in total. The highest BCUT2D eigenvalue weighted by molar-refractivity contribution is 5.28. The van der Waals surface area contributed by atoms with Crippen molar-refractivity contribution >= 4 is 6.01 Å². The van der Waals surface area contributed by atoms with Crippen LogP contribution in [-0.2, 0) is 6.54 Å². The van der Waals surface area contributed by atoms with Crippen molar-refractivity contribution in [3.05, 3.63) is 5.89 Å². The summed E-state index contributed by atoms with van der Waals surface area (Å²) in [4.78, 5) is 1.69. The smallest absolute Gasteiger partial charge is 0.318 e. The molecule has 0 spiro atoms. The molecule has 2 atom stereocenters. The van der Waals surface area contributed by atoms with Crippen LogP contribution in [0.4, 0.5) is 6.01 Å². The lowest BCUT2D eigenvalue weighted by atomic mass is 10.2. The molecule has 1 aliphatic rings. The van der Waals surface area contributed by atoms with Crippen molar-refractivity contribution in [2.75, 3.05) is 24.5 Å². The average molecular weight is 256 g/mol. The van der Waals surface area contributed by atoms with E-state index in [1.807, 2.05) is 0 Å². The van der Waals surface area contributed by atoms with E-state index < -0.39 is 12.2 Å². The maximum atomic E-state index is 9.44. The first-order valence-electron chi connectivity index (χ1n) is 6.20. The fourth-order valence-electron chi connectivity index (χ4n) is 1.84. The van der Waals surface area contributed by atoms with E-state index in [2.05, 4.69) is 29.4 Å². The average Bonchev–Trinajstić information content (AvgIpc) is 2.87. The Morgan fingerprint density at radius 1 is 1.33 bits per heavy atom. The number of aliphatic hydroxyl groups is 2. The fourth-order valence-corrected chi connectivity index (χ4v) is 1.84. The quantitative estimate of drug-likeness (QED) is 0.645. The lowest BCUT2D eigenvalue weighted by molar-refractivity contribution is 0.0572. The van der Waals surface area contributed by atoms with E-state index in [4.69, 9.17) is 4.42 Å². The molecule has 2 heterocycles. The number of hydrogen-bond acceptors (Lipinski definition) is 7. The van der Waals surface area contributed by atoms with Gasteiger partial charge in [0.2, 0.25) is 5.89 Å². The van der Waals surface area contributed by atoms with Gasteiger partial charge in [0.25, 0.3) is 0 Å². The van der Waals surface area contributed by atoms with Crippen LogP contribution in [0.25, 0.3) is 0 Å². The highest BCUT2D eigenvalue weighted by atomic mass is 16.4. The van der Waals surface area contributed by atoms with Crippen LogP contribution in [0.3, 0.4) is 0 Å². The van der Waals surface area contributed by atoms with Crippen LogP contribution >= 0.6 is 0 Å². The summed E-state index contributed by atoms with van der Waals surface area (Å²) in [5.41, 5.74) is 0. The molecular formula is C11H20N4O3. The molecule has 7 heteroatoms. The molecule has 1 aromatic heterocycles. The third-order valence-corrected chi connectivity index (χ3v) is 2.81. The number of β-amino-alcohol motifs (C(OH)–C–C–N with tert-alkyl or cyclic N) is 2. The van der Waals surface area contributed by atoms with Gasteiger partial charge in [-0.3, -0.25) is 0 Å². The number of nitrogens with one attached hydrogen (secondary N) is 1. The Bertz CT molecular complexity index is 372. The number of rotatable bonds is 5. The summed E-state index contributed by atoms with van der Waals surface area (Å²) in [5.74, 6) is 1.08. The molecule has 2 rings (SSSR count). The zero-order valence-corrected chi connectivity index (χ0v) is 10.7. The second-order valence-corrected chi connectivity index (χ2v) is 5.04. The summed E-state index contributed by atoms with van der Waals surface area (Å²) in [5, 5.41) is 29.9. The van der Waals surface area contributed by atoms with Crippen molar-refractivity contribution in [2.24, 2.45) is 5.92 Å². The molecule has 2 unspecified atom stereocenters. The second kappa shape index (κ2) is 5.64. The van der Waals surface area contributed by atoms with Gasteiger partial charge in [0.1, 0.15) is 0 Å². The molecule has 102 valence electrons. The van der Waals surface area contributed by atoms with Crippen LogP contribution in [0.1, 0.15) is 19.7 Å². The molecule has 0 aliphatic carbocycles. The summed E-state index contributed by atoms with van der Waals surface area (Å²) < 4.78 is 5.47. The van der Waals surface area contributed by atoms with Gasteiger partial charge in [0.05, 0.1) is 31.8 Å². The van der Waals surface area contributed by atoms with Crippen LogP contribution in [0.2, 0.25) is 0 Å². The highest BCUT2D eigenvalue weighted by Gasteiger charge is 2.32. The van der Waals surface area contributed by atoms with E-state index >= 15 is 0 Å². The summed E-state index contributed by atoms with van der Waals surface area (Å²) in [7, 11) is 0. The normalized spacial score (nSPS) is 24.2. The van der Waals surface area contributed by atoms with Crippen molar-refractivity contribution in [1.29, 1.82) is 0 Å². The largest absolute Gasteiger partial charge is 0.407 e. The van der Waals surface area contributed by atoms with E-state index in [1.54, 1.807) is 4.90 Å². The third kappa shape index (κ3) is 3.18. The predicted octanol–water partition coefficient (Wildman–Crippen LogP) is -0.643. The molecule has 0 bridgehead atoms. The van der Waals surface area contributed by atoms with E-state index in [-0.39, 0.29) is 0 Å². The van der Waals surface area contributed by atoms with Gasteiger partial charge >= 0.3 is 6.01 Å². The van der Waals surface area contributed by atoms with Gasteiger partial charge in [0.15, 0.2) is 0 Å². The van der Waals surface area contributed by atoms with Gasteiger partial charge in [-0.15, -0.1) is 5.10 Å². The van der Waals surface area contributed by atoms with Crippen LogP contribution in [0.5, 0.6) is 0 Å². The highest BCUT2D eigenvalue weighted by Crippen LogP contribution is 2.19. The third-order valence-electron chi connectivity index (χ3n) is 2.81. The number of anilines is 1. The molecule has 1 aliphatic heterocycles. The minimum absolute atomic E-state index is 0.322. The molecule has 1 saturated heterocycles. The minimum atomic E-state index is -0.751. The molecule has 0 saturated carbocycles. The zero-order valence-electron chi connectivity index (χ0n) is 10.7. The first-order chi connectivity index (χ1) is 8.56. The number of hydrogen-bond donors (Lipinski definition) is 3. The number of aliphatic hydroxyl groups excluding tert-OH is 2. The Morgan fingerprint density at radius 3 is 2.61 bits per heavy atom. The van der Waals surface area contributed by atoms with Crippen LogP contribution in [0.15, 0.2) is 4.42 Å². The summed E-state index contributed by atoms with van der Waals surface area (Å²) in [6.45, 7) is 6.31. The first-order valence-corrected chi connectivity index (χ1v) is 6.20. The molecular weight excluding hydrogens is 236 g/mol. The molecule has 1 fully saturated rings. The first kappa shape index (κ1) is 13.3. The minimum Gasteiger partial charge on any atom is -0.407 e. The van der Waals surface area contributed by atoms with Gasteiger partial charge in [-0.1, -0.05) is 18.9 Å². The lowest BCUT2D eigenvalue weighted by Gasteiger charge is -2.10. The number of nitrogens with zero attached hydrogens (tertiary/aromatic N) is 3. The van der Waals surface area contributed by atoms with Crippen molar-refractivity contribution in [3.63, 3.8) is 0 Å². The summed E-state index contributed by atoms with van der Waals surface area (Å²) >= 11 is 0. The topological polar surface area (TPSA) is 94.7 Å². The summed E-state index contributed by atoms with van der Waals surface area (Å²) in [6.07, 6.45) is -1.50.